The van der Waals surface area contributed by atoms with Gasteiger partial charge >= 0.3 is 0 Å². The molecule has 1 heterocycles. The minimum atomic E-state index is -0.492. The number of amides is 1. The Labute approximate surface area is 123 Å². The van der Waals surface area contributed by atoms with Gasteiger partial charge in [0.25, 0.3) is 5.91 Å². The maximum atomic E-state index is 13.8. The summed E-state index contributed by atoms with van der Waals surface area (Å²) in [4.78, 5) is 14.3. The molecule has 3 rings (SSSR count). The van der Waals surface area contributed by atoms with Gasteiger partial charge < -0.3 is 9.64 Å². The lowest BCUT2D eigenvalue weighted by Crippen LogP contribution is -2.35. The van der Waals surface area contributed by atoms with E-state index in [9.17, 15) is 9.18 Å². The van der Waals surface area contributed by atoms with Crippen molar-refractivity contribution in [2.75, 3.05) is 13.2 Å². The first kappa shape index (κ1) is 13.6. The van der Waals surface area contributed by atoms with E-state index in [0.29, 0.717) is 13.2 Å². The molecule has 4 heteroatoms. The van der Waals surface area contributed by atoms with E-state index >= 15 is 0 Å². The first-order valence-electron chi connectivity index (χ1n) is 6.95. The number of carbonyl (C=O) groups is 1. The maximum Gasteiger partial charge on any atom is 0.257 e. The molecule has 0 fully saturated rings. The second kappa shape index (κ2) is 5.56. The summed E-state index contributed by atoms with van der Waals surface area (Å²) >= 11 is 0. The quantitative estimate of drug-likeness (QED) is 0.803. The molecule has 1 aliphatic heterocycles. The second-order valence-corrected chi connectivity index (χ2v) is 5.04. The Bertz CT molecular complexity index is 671. The van der Waals surface area contributed by atoms with Gasteiger partial charge in [-0.2, -0.15) is 0 Å². The molecule has 0 spiro atoms. The Kier molecular flexibility index (Phi) is 3.60. The van der Waals surface area contributed by atoms with Crippen LogP contribution in [0, 0.1) is 5.82 Å². The van der Waals surface area contributed by atoms with Gasteiger partial charge in [-0.25, -0.2) is 4.39 Å². The predicted octanol–water partition coefficient (Wildman–Crippen LogP) is 3.42. The first-order chi connectivity index (χ1) is 10.2. The van der Waals surface area contributed by atoms with E-state index < -0.39 is 5.82 Å². The summed E-state index contributed by atoms with van der Waals surface area (Å²) in [5, 5.41) is 0. The van der Waals surface area contributed by atoms with Gasteiger partial charge in [0, 0.05) is 5.56 Å². The van der Waals surface area contributed by atoms with E-state index in [1.807, 2.05) is 31.2 Å². The highest BCUT2D eigenvalue weighted by atomic mass is 19.1. The van der Waals surface area contributed by atoms with Crippen LogP contribution in [0.3, 0.4) is 0 Å². The van der Waals surface area contributed by atoms with E-state index in [2.05, 4.69) is 0 Å². The van der Waals surface area contributed by atoms with Crippen LogP contribution >= 0.6 is 0 Å². The molecule has 1 aliphatic rings. The van der Waals surface area contributed by atoms with Gasteiger partial charge in [-0.15, -0.1) is 0 Å². The number of fused-ring (bicyclic) bond motifs is 1. The predicted molar refractivity (Wildman–Crippen MR) is 77.8 cm³/mol. The summed E-state index contributed by atoms with van der Waals surface area (Å²) in [5.41, 5.74) is 1.04. The van der Waals surface area contributed by atoms with Crippen molar-refractivity contribution < 1.29 is 13.9 Å². The molecule has 0 N–H and O–H groups in total. The topological polar surface area (TPSA) is 29.5 Å². The third kappa shape index (κ3) is 2.49. The van der Waals surface area contributed by atoms with Crippen LogP contribution in [0.1, 0.15) is 28.9 Å². The van der Waals surface area contributed by atoms with Crippen LogP contribution in [-0.4, -0.2) is 24.0 Å². The highest BCUT2D eigenvalue weighted by Gasteiger charge is 2.28. The van der Waals surface area contributed by atoms with Crippen molar-refractivity contribution in [3.8, 4) is 5.75 Å². The van der Waals surface area contributed by atoms with Gasteiger partial charge in [-0.1, -0.05) is 30.3 Å². The standard InChI is InChI=1S/C17H16FNO2/c1-12-13-6-3-5-9-16(13)21-11-10-19(12)17(20)14-7-2-4-8-15(14)18/h2-9,12H,10-11H2,1H3. The van der Waals surface area contributed by atoms with E-state index in [1.165, 1.54) is 12.1 Å². The van der Waals surface area contributed by atoms with Crippen molar-refractivity contribution in [1.82, 2.24) is 4.90 Å². The van der Waals surface area contributed by atoms with Gasteiger partial charge in [-0.3, -0.25) is 4.79 Å². The summed E-state index contributed by atoms with van der Waals surface area (Å²) in [6, 6.07) is 13.6. The smallest absolute Gasteiger partial charge is 0.257 e. The minimum absolute atomic E-state index is 0.101. The molecule has 1 atom stereocenters. The summed E-state index contributed by atoms with van der Waals surface area (Å²) in [5.74, 6) is -0.0112. The number of hydrogen-bond donors (Lipinski definition) is 0. The molecule has 1 unspecified atom stereocenters. The third-order valence-electron chi connectivity index (χ3n) is 3.79. The van der Waals surface area contributed by atoms with Crippen LogP contribution in [0.15, 0.2) is 48.5 Å². The Morgan fingerprint density at radius 1 is 1.19 bits per heavy atom. The number of carbonyl (C=O) groups excluding carboxylic acids is 1. The lowest BCUT2D eigenvalue weighted by molar-refractivity contribution is 0.0677. The number of rotatable bonds is 1. The average molecular weight is 285 g/mol. The fourth-order valence-corrected chi connectivity index (χ4v) is 2.64. The van der Waals surface area contributed by atoms with Crippen LogP contribution in [-0.2, 0) is 0 Å². The summed E-state index contributed by atoms with van der Waals surface area (Å²) in [7, 11) is 0. The average Bonchev–Trinajstić information content (AvgIpc) is 2.67. The van der Waals surface area contributed by atoms with Crippen molar-refractivity contribution in [3.63, 3.8) is 0 Å². The molecule has 0 bridgehead atoms. The number of benzene rings is 2. The Balaban J connectivity index is 1.96. The zero-order chi connectivity index (χ0) is 14.8. The summed E-state index contributed by atoms with van der Waals surface area (Å²) < 4.78 is 19.5. The molecular weight excluding hydrogens is 269 g/mol. The number of nitrogens with zero attached hydrogens (tertiary/aromatic N) is 1. The number of ether oxygens (including phenoxy) is 1. The molecule has 0 saturated heterocycles. The molecule has 2 aromatic carbocycles. The molecule has 0 saturated carbocycles. The lowest BCUT2D eigenvalue weighted by atomic mass is 10.0. The number of para-hydroxylation sites is 1. The molecule has 108 valence electrons. The van der Waals surface area contributed by atoms with Crippen LogP contribution in [0.4, 0.5) is 4.39 Å². The van der Waals surface area contributed by atoms with Crippen LogP contribution in [0.25, 0.3) is 0 Å². The van der Waals surface area contributed by atoms with Gasteiger partial charge in [-0.05, 0) is 25.1 Å². The molecule has 0 radical (unpaired) electrons. The van der Waals surface area contributed by atoms with Crippen molar-refractivity contribution in [1.29, 1.82) is 0 Å². The highest BCUT2D eigenvalue weighted by Crippen LogP contribution is 2.32. The van der Waals surface area contributed by atoms with Crippen LogP contribution < -0.4 is 4.74 Å². The molecule has 2 aromatic rings. The zero-order valence-corrected chi connectivity index (χ0v) is 11.8. The summed E-state index contributed by atoms with van der Waals surface area (Å²) in [6.07, 6.45) is 0. The van der Waals surface area contributed by atoms with Gasteiger partial charge in [0.2, 0.25) is 0 Å². The van der Waals surface area contributed by atoms with Crippen LogP contribution in [0.5, 0.6) is 5.75 Å². The zero-order valence-electron chi connectivity index (χ0n) is 11.8. The fourth-order valence-electron chi connectivity index (χ4n) is 2.64. The third-order valence-corrected chi connectivity index (χ3v) is 3.79. The highest BCUT2D eigenvalue weighted by molar-refractivity contribution is 5.94. The van der Waals surface area contributed by atoms with Gasteiger partial charge in [0.05, 0.1) is 18.2 Å². The van der Waals surface area contributed by atoms with Crippen LogP contribution in [0.2, 0.25) is 0 Å². The van der Waals surface area contributed by atoms with Crippen molar-refractivity contribution in [2.45, 2.75) is 13.0 Å². The fraction of sp³-hybridized carbons (Fsp3) is 0.235. The number of halogens is 1. The molecule has 3 nitrogen and oxygen atoms in total. The normalized spacial score (nSPS) is 17.6. The Hall–Kier alpha value is -2.36. The lowest BCUT2D eigenvalue weighted by Gasteiger charge is -2.27. The van der Waals surface area contributed by atoms with E-state index in [1.54, 1.807) is 17.0 Å². The van der Waals surface area contributed by atoms with Crippen molar-refractivity contribution in [3.05, 3.63) is 65.5 Å². The molecule has 0 aliphatic carbocycles. The minimum Gasteiger partial charge on any atom is -0.491 e. The monoisotopic (exact) mass is 285 g/mol. The van der Waals surface area contributed by atoms with Crippen molar-refractivity contribution in [2.24, 2.45) is 0 Å². The largest absolute Gasteiger partial charge is 0.491 e. The molecule has 1 amide bonds. The first-order valence-corrected chi connectivity index (χ1v) is 6.95. The summed E-state index contributed by atoms with van der Waals surface area (Å²) in [6.45, 7) is 2.77. The molecular formula is C17H16FNO2. The van der Waals surface area contributed by atoms with Gasteiger partial charge in [0.15, 0.2) is 0 Å². The maximum absolute atomic E-state index is 13.8. The molecule has 21 heavy (non-hydrogen) atoms. The molecule has 0 aromatic heterocycles. The Morgan fingerprint density at radius 2 is 1.90 bits per heavy atom. The number of hydrogen-bond acceptors (Lipinski definition) is 2. The second-order valence-electron chi connectivity index (χ2n) is 5.04. The van der Waals surface area contributed by atoms with E-state index in [4.69, 9.17) is 4.74 Å². The van der Waals surface area contributed by atoms with E-state index in [0.717, 1.165) is 11.3 Å². The SMILES string of the molecule is CC1c2ccccc2OCCN1C(=O)c1ccccc1F. The van der Waals surface area contributed by atoms with E-state index in [-0.39, 0.29) is 17.5 Å². The van der Waals surface area contributed by atoms with Crippen molar-refractivity contribution >= 4 is 5.91 Å². The van der Waals surface area contributed by atoms with Gasteiger partial charge in [0.1, 0.15) is 18.2 Å². The Morgan fingerprint density at radius 3 is 2.71 bits per heavy atom.